The van der Waals surface area contributed by atoms with Crippen LogP contribution in [-0.2, 0) is 19.4 Å². The lowest BCUT2D eigenvalue weighted by atomic mass is 9.91. The summed E-state index contributed by atoms with van der Waals surface area (Å²) >= 11 is 1.64. The highest BCUT2D eigenvalue weighted by atomic mass is 32.1. The van der Waals surface area contributed by atoms with E-state index < -0.39 is 0 Å². The summed E-state index contributed by atoms with van der Waals surface area (Å²) in [6.07, 6.45) is 6.24. The highest BCUT2D eigenvalue weighted by molar-refractivity contribution is 7.18. The Morgan fingerprint density at radius 1 is 1.11 bits per heavy atom. The summed E-state index contributed by atoms with van der Waals surface area (Å²) < 4.78 is 1.16. The fourth-order valence-corrected chi connectivity index (χ4v) is 5.16. The summed E-state index contributed by atoms with van der Waals surface area (Å²) in [6, 6.07) is 15.1. The van der Waals surface area contributed by atoms with E-state index in [4.69, 9.17) is 0 Å². The molecule has 4 nitrogen and oxygen atoms in total. The molecule has 1 aliphatic carbocycles. The first-order valence-corrected chi connectivity index (χ1v) is 11.1. The van der Waals surface area contributed by atoms with Crippen molar-refractivity contribution in [3.63, 3.8) is 0 Å². The molecule has 5 heteroatoms. The van der Waals surface area contributed by atoms with Crippen LogP contribution < -0.4 is 5.32 Å². The van der Waals surface area contributed by atoms with Crippen molar-refractivity contribution in [3.05, 3.63) is 64.2 Å². The van der Waals surface area contributed by atoms with Gasteiger partial charge in [-0.25, -0.2) is 4.98 Å². The first kappa shape index (κ1) is 17.8. The summed E-state index contributed by atoms with van der Waals surface area (Å²) in [4.78, 5) is 19.9. The summed E-state index contributed by atoms with van der Waals surface area (Å²) in [5, 5.41) is 3.99. The highest BCUT2D eigenvalue weighted by Crippen LogP contribution is 2.27. The molecule has 1 aromatic heterocycles. The van der Waals surface area contributed by atoms with Crippen LogP contribution in [0.25, 0.3) is 10.2 Å². The Kier molecular flexibility index (Phi) is 4.87. The van der Waals surface area contributed by atoms with Crippen molar-refractivity contribution in [2.75, 3.05) is 13.1 Å². The summed E-state index contributed by atoms with van der Waals surface area (Å²) in [6.45, 7) is 2.75. The summed E-state index contributed by atoms with van der Waals surface area (Å²) in [5.41, 5.74) is 4.51. The third-order valence-corrected chi connectivity index (χ3v) is 7.17. The van der Waals surface area contributed by atoms with Crippen LogP contribution in [0.3, 0.4) is 0 Å². The minimum atomic E-state index is -0.0119. The van der Waals surface area contributed by atoms with Crippen LogP contribution in [0.15, 0.2) is 42.5 Å². The second-order valence-electron chi connectivity index (χ2n) is 7.86. The molecule has 1 saturated carbocycles. The number of nitrogens with zero attached hydrogens (tertiary/aromatic N) is 2. The van der Waals surface area contributed by atoms with Crippen LogP contribution in [0.2, 0.25) is 0 Å². The fourth-order valence-electron chi connectivity index (χ4n) is 4.25. The van der Waals surface area contributed by atoms with Crippen molar-refractivity contribution in [1.82, 2.24) is 15.2 Å². The Hall–Kier alpha value is -2.24. The number of thiazole rings is 1. The molecule has 1 amide bonds. The van der Waals surface area contributed by atoms with Crippen LogP contribution in [0, 0.1) is 0 Å². The molecule has 1 aliphatic heterocycles. The lowest BCUT2D eigenvalue weighted by Crippen LogP contribution is -2.41. The molecule has 0 atom stereocenters. The third kappa shape index (κ3) is 3.56. The number of hydrogen-bond donors (Lipinski definition) is 1. The van der Waals surface area contributed by atoms with Crippen molar-refractivity contribution in [3.8, 4) is 0 Å². The molecule has 0 saturated heterocycles. The minimum absolute atomic E-state index is 0.0119. The van der Waals surface area contributed by atoms with Gasteiger partial charge in [-0.1, -0.05) is 24.6 Å². The van der Waals surface area contributed by atoms with Crippen molar-refractivity contribution in [2.45, 2.75) is 44.7 Å². The van der Waals surface area contributed by atoms with Gasteiger partial charge in [0.1, 0.15) is 5.01 Å². The Morgan fingerprint density at radius 3 is 2.71 bits per heavy atom. The minimum Gasteiger partial charge on any atom is -0.346 e. The van der Waals surface area contributed by atoms with E-state index in [1.165, 1.54) is 30.4 Å². The monoisotopic (exact) mass is 391 g/mol. The third-order valence-electron chi connectivity index (χ3n) is 6.13. The van der Waals surface area contributed by atoms with Crippen LogP contribution >= 0.6 is 11.3 Å². The molecule has 0 spiro atoms. The number of amides is 1. The predicted molar refractivity (Wildman–Crippen MR) is 114 cm³/mol. The standard InChI is InChI=1S/C23H25N3OS/c27-23(24-15-22-25-20-6-1-2-7-21(20)28-22)18-9-8-16-10-12-26(19-4-3-5-19)13-11-17(16)14-18/h1-2,6-9,14,19H,3-5,10-13,15H2,(H,24,27). The second-order valence-corrected chi connectivity index (χ2v) is 8.98. The molecule has 0 unspecified atom stereocenters. The average Bonchev–Trinajstić information content (AvgIpc) is 2.99. The van der Waals surface area contributed by atoms with E-state index in [2.05, 4.69) is 33.4 Å². The molecule has 0 bridgehead atoms. The fraction of sp³-hybridized carbons (Fsp3) is 0.391. The topological polar surface area (TPSA) is 45.2 Å². The number of carbonyl (C=O) groups is 1. The number of aromatic nitrogens is 1. The van der Waals surface area contributed by atoms with E-state index in [9.17, 15) is 4.79 Å². The van der Waals surface area contributed by atoms with E-state index in [0.29, 0.717) is 6.54 Å². The van der Waals surface area contributed by atoms with Gasteiger partial charge in [0.05, 0.1) is 16.8 Å². The normalized spacial score (nSPS) is 17.7. The molecule has 2 heterocycles. The lowest BCUT2D eigenvalue weighted by molar-refractivity contribution is 0.0950. The molecular weight excluding hydrogens is 366 g/mol. The van der Waals surface area contributed by atoms with Gasteiger partial charge in [0.15, 0.2) is 0 Å². The molecular formula is C23H25N3OS. The molecule has 1 fully saturated rings. The van der Waals surface area contributed by atoms with Gasteiger partial charge in [-0.15, -0.1) is 11.3 Å². The van der Waals surface area contributed by atoms with Crippen LogP contribution in [0.5, 0.6) is 0 Å². The Labute approximate surface area is 169 Å². The smallest absolute Gasteiger partial charge is 0.251 e. The van der Waals surface area contributed by atoms with E-state index in [0.717, 1.165) is 52.8 Å². The van der Waals surface area contributed by atoms with Crippen molar-refractivity contribution < 1.29 is 4.79 Å². The van der Waals surface area contributed by atoms with Gasteiger partial charge in [0, 0.05) is 24.7 Å². The van der Waals surface area contributed by atoms with Gasteiger partial charge in [-0.2, -0.15) is 0 Å². The molecule has 1 N–H and O–H groups in total. The predicted octanol–water partition coefficient (Wildman–Crippen LogP) is 4.18. The number of fused-ring (bicyclic) bond motifs is 2. The molecule has 3 aromatic rings. The molecule has 2 aromatic carbocycles. The largest absolute Gasteiger partial charge is 0.346 e. The SMILES string of the molecule is O=C(NCc1nc2ccccc2s1)c1ccc2c(c1)CCN(C1CCC1)CC2. The van der Waals surface area contributed by atoms with Gasteiger partial charge in [0.25, 0.3) is 5.91 Å². The maximum atomic E-state index is 12.7. The molecule has 0 radical (unpaired) electrons. The Balaban J connectivity index is 1.25. The number of carbonyl (C=O) groups excluding carboxylic acids is 1. The maximum Gasteiger partial charge on any atom is 0.251 e. The number of para-hydroxylation sites is 1. The van der Waals surface area contributed by atoms with Gasteiger partial charge in [-0.05, 0) is 61.1 Å². The van der Waals surface area contributed by atoms with E-state index in [-0.39, 0.29) is 5.91 Å². The number of nitrogens with one attached hydrogen (secondary N) is 1. The molecule has 2 aliphatic rings. The van der Waals surface area contributed by atoms with Gasteiger partial charge < -0.3 is 5.32 Å². The average molecular weight is 392 g/mol. The second kappa shape index (κ2) is 7.64. The van der Waals surface area contributed by atoms with E-state index >= 15 is 0 Å². The van der Waals surface area contributed by atoms with Gasteiger partial charge in [0.2, 0.25) is 0 Å². The Morgan fingerprint density at radius 2 is 1.93 bits per heavy atom. The first-order chi connectivity index (χ1) is 13.8. The van der Waals surface area contributed by atoms with Crippen molar-refractivity contribution in [2.24, 2.45) is 0 Å². The number of benzene rings is 2. The number of rotatable bonds is 4. The van der Waals surface area contributed by atoms with Crippen LogP contribution in [0.4, 0.5) is 0 Å². The Bertz CT molecular complexity index is 975. The van der Waals surface area contributed by atoms with E-state index in [1.54, 1.807) is 11.3 Å². The number of hydrogen-bond acceptors (Lipinski definition) is 4. The van der Waals surface area contributed by atoms with Crippen molar-refractivity contribution in [1.29, 1.82) is 0 Å². The summed E-state index contributed by atoms with van der Waals surface area (Å²) in [5.74, 6) is -0.0119. The van der Waals surface area contributed by atoms with Crippen molar-refractivity contribution >= 4 is 27.5 Å². The van der Waals surface area contributed by atoms with Gasteiger partial charge in [-0.3, -0.25) is 9.69 Å². The zero-order valence-electron chi connectivity index (χ0n) is 16.0. The molecule has 28 heavy (non-hydrogen) atoms. The first-order valence-electron chi connectivity index (χ1n) is 10.2. The lowest BCUT2D eigenvalue weighted by Gasteiger charge is -2.36. The quantitative estimate of drug-likeness (QED) is 0.726. The molecule has 5 rings (SSSR count). The van der Waals surface area contributed by atoms with Gasteiger partial charge >= 0.3 is 0 Å². The zero-order valence-corrected chi connectivity index (χ0v) is 16.8. The zero-order chi connectivity index (χ0) is 18.9. The summed E-state index contributed by atoms with van der Waals surface area (Å²) in [7, 11) is 0. The highest BCUT2D eigenvalue weighted by Gasteiger charge is 2.26. The van der Waals surface area contributed by atoms with Crippen LogP contribution in [0.1, 0.15) is 45.8 Å². The maximum absolute atomic E-state index is 12.7. The van der Waals surface area contributed by atoms with E-state index in [1.807, 2.05) is 24.3 Å². The molecule has 144 valence electrons. The van der Waals surface area contributed by atoms with Crippen LogP contribution in [-0.4, -0.2) is 34.9 Å².